The van der Waals surface area contributed by atoms with E-state index in [0.29, 0.717) is 17.9 Å². The molecule has 0 fully saturated rings. The SMILES string of the molecule is COc1cc(C(N)CCC(=O)O)c(C(C)C)c(Br)c1OC. The van der Waals surface area contributed by atoms with E-state index in [0.717, 1.165) is 15.6 Å². The molecular formula is C15H22BrNO4. The predicted molar refractivity (Wildman–Crippen MR) is 85.1 cm³/mol. The van der Waals surface area contributed by atoms with Crippen LogP contribution in [-0.2, 0) is 4.79 Å². The zero-order valence-corrected chi connectivity index (χ0v) is 14.4. The summed E-state index contributed by atoms with van der Waals surface area (Å²) in [5, 5.41) is 8.82. The van der Waals surface area contributed by atoms with Crippen LogP contribution < -0.4 is 15.2 Å². The highest BCUT2D eigenvalue weighted by molar-refractivity contribution is 9.10. The van der Waals surface area contributed by atoms with E-state index in [1.165, 1.54) is 0 Å². The van der Waals surface area contributed by atoms with Gasteiger partial charge < -0.3 is 20.3 Å². The zero-order chi connectivity index (χ0) is 16.2. The summed E-state index contributed by atoms with van der Waals surface area (Å²) in [4.78, 5) is 10.7. The number of methoxy groups -OCH3 is 2. The average Bonchev–Trinajstić information content (AvgIpc) is 2.42. The maximum absolute atomic E-state index is 10.7. The Morgan fingerprint density at radius 3 is 2.43 bits per heavy atom. The fourth-order valence-corrected chi connectivity index (χ4v) is 3.36. The molecule has 0 saturated heterocycles. The minimum Gasteiger partial charge on any atom is -0.493 e. The van der Waals surface area contributed by atoms with Gasteiger partial charge in [-0.25, -0.2) is 0 Å². The van der Waals surface area contributed by atoms with Crippen molar-refractivity contribution < 1.29 is 19.4 Å². The molecule has 0 amide bonds. The molecule has 3 N–H and O–H groups in total. The summed E-state index contributed by atoms with van der Waals surface area (Å²) in [6.45, 7) is 4.11. The van der Waals surface area contributed by atoms with Crippen molar-refractivity contribution in [2.45, 2.75) is 38.6 Å². The number of rotatable bonds is 7. The number of carbonyl (C=O) groups is 1. The number of hydrogen-bond acceptors (Lipinski definition) is 4. The minimum absolute atomic E-state index is 0.0324. The Bertz CT molecular complexity index is 517. The smallest absolute Gasteiger partial charge is 0.303 e. The van der Waals surface area contributed by atoms with Crippen molar-refractivity contribution in [2.24, 2.45) is 5.73 Å². The summed E-state index contributed by atoms with van der Waals surface area (Å²) >= 11 is 3.56. The zero-order valence-electron chi connectivity index (χ0n) is 12.8. The molecule has 0 aliphatic carbocycles. The van der Waals surface area contributed by atoms with E-state index < -0.39 is 5.97 Å². The molecule has 1 aromatic carbocycles. The quantitative estimate of drug-likeness (QED) is 0.778. The standard InChI is InChI=1S/C15H22BrNO4/c1-8(2)13-9(10(17)5-6-12(18)19)7-11(20-3)15(21-4)14(13)16/h7-8,10H,5-6,17H2,1-4H3,(H,18,19). The average molecular weight is 360 g/mol. The largest absolute Gasteiger partial charge is 0.493 e. The molecule has 0 aliphatic heterocycles. The third-order valence-electron chi connectivity index (χ3n) is 3.33. The number of nitrogens with two attached hydrogens (primary N) is 1. The molecule has 1 unspecified atom stereocenters. The monoisotopic (exact) mass is 359 g/mol. The Labute approximate surface area is 133 Å². The number of aliphatic carboxylic acids is 1. The summed E-state index contributed by atoms with van der Waals surface area (Å²) < 4.78 is 11.5. The second-order valence-electron chi connectivity index (χ2n) is 5.12. The maximum Gasteiger partial charge on any atom is 0.303 e. The molecule has 0 spiro atoms. The lowest BCUT2D eigenvalue weighted by molar-refractivity contribution is -0.137. The van der Waals surface area contributed by atoms with Crippen LogP contribution in [0.15, 0.2) is 10.5 Å². The van der Waals surface area contributed by atoms with Gasteiger partial charge >= 0.3 is 5.97 Å². The molecule has 1 atom stereocenters. The van der Waals surface area contributed by atoms with Gasteiger partial charge in [-0.1, -0.05) is 13.8 Å². The van der Waals surface area contributed by atoms with Gasteiger partial charge in [0.15, 0.2) is 11.5 Å². The Balaban J connectivity index is 3.34. The fraction of sp³-hybridized carbons (Fsp3) is 0.533. The number of hydrogen-bond donors (Lipinski definition) is 2. The van der Waals surface area contributed by atoms with E-state index in [1.807, 2.05) is 6.07 Å². The van der Waals surface area contributed by atoms with Crippen molar-refractivity contribution in [3.8, 4) is 11.5 Å². The molecule has 1 rings (SSSR count). The molecule has 0 aromatic heterocycles. The number of halogens is 1. The van der Waals surface area contributed by atoms with Crippen LogP contribution in [0, 0.1) is 0 Å². The van der Waals surface area contributed by atoms with Crippen molar-refractivity contribution in [2.75, 3.05) is 14.2 Å². The van der Waals surface area contributed by atoms with Crippen LogP contribution >= 0.6 is 15.9 Å². The first-order chi connectivity index (χ1) is 9.83. The first-order valence-corrected chi connectivity index (χ1v) is 7.54. The molecule has 0 radical (unpaired) electrons. The molecule has 0 heterocycles. The van der Waals surface area contributed by atoms with Crippen LogP contribution in [-0.4, -0.2) is 25.3 Å². The van der Waals surface area contributed by atoms with Gasteiger partial charge in [0.1, 0.15) is 0 Å². The van der Waals surface area contributed by atoms with Crippen LogP contribution in [0.25, 0.3) is 0 Å². The van der Waals surface area contributed by atoms with Crippen molar-refractivity contribution in [3.63, 3.8) is 0 Å². The molecule has 21 heavy (non-hydrogen) atoms. The first-order valence-electron chi connectivity index (χ1n) is 6.75. The summed E-state index contributed by atoms with van der Waals surface area (Å²) in [6.07, 6.45) is 0.404. The van der Waals surface area contributed by atoms with E-state index in [4.69, 9.17) is 20.3 Å². The highest BCUT2D eigenvalue weighted by atomic mass is 79.9. The molecule has 1 aromatic rings. The van der Waals surface area contributed by atoms with Crippen molar-refractivity contribution in [1.82, 2.24) is 0 Å². The molecule has 6 heteroatoms. The highest BCUT2D eigenvalue weighted by Gasteiger charge is 2.23. The molecule has 0 saturated carbocycles. The summed E-state index contributed by atoms with van der Waals surface area (Å²) in [5.41, 5.74) is 8.09. The van der Waals surface area contributed by atoms with Crippen molar-refractivity contribution in [1.29, 1.82) is 0 Å². The topological polar surface area (TPSA) is 81.8 Å². The number of benzene rings is 1. The van der Waals surface area contributed by atoms with E-state index in [2.05, 4.69) is 29.8 Å². The van der Waals surface area contributed by atoms with Crippen molar-refractivity contribution >= 4 is 21.9 Å². The molecule has 5 nitrogen and oxygen atoms in total. The van der Waals surface area contributed by atoms with Crippen LogP contribution in [0.4, 0.5) is 0 Å². The molecule has 118 valence electrons. The van der Waals surface area contributed by atoms with Gasteiger partial charge in [-0.05, 0) is 45.5 Å². The van der Waals surface area contributed by atoms with Crippen LogP contribution in [0.2, 0.25) is 0 Å². The fourth-order valence-electron chi connectivity index (χ4n) is 2.31. The molecular weight excluding hydrogens is 338 g/mol. The van der Waals surface area contributed by atoms with Gasteiger partial charge in [-0.3, -0.25) is 4.79 Å². The van der Waals surface area contributed by atoms with Gasteiger partial charge in [0.25, 0.3) is 0 Å². The van der Waals surface area contributed by atoms with Crippen LogP contribution in [0.3, 0.4) is 0 Å². The summed E-state index contributed by atoms with van der Waals surface area (Å²) in [6, 6.07) is 1.47. The Morgan fingerprint density at radius 1 is 1.38 bits per heavy atom. The summed E-state index contributed by atoms with van der Waals surface area (Å²) in [7, 11) is 3.14. The highest BCUT2D eigenvalue weighted by Crippen LogP contribution is 2.44. The van der Waals surface area contributed by atoms with Gasteiger partial charge in [0.2, 0.25) is 0 Å². The lowest BCUT2D eigenvalue weighted by Gasteiger charge is -2.23. The van der Waals surface area contributed by atoms with E-state index in [9.17, 15) is 4.79 Å². The van der Waals surface area contributed by atoms with Crippen LogP contribution in [0.5, 0.6) is 11.5 Å². The lowest BCUT2D eigenvalue weighted by Crippen LogP contribution is -2.16. The third-order valence-corrected chi connectivity index (χ3v) is 4.11. The number of ether oxygens (including phenoxy) is 2. The van der Waals surface area contributed by atoms with Crippen molar-refractivity contribution in [3.05, 3.63) is 21.7 Å². The van der Waals surface area contributed by atoms with Gasteiger partial charge in [0.05, 0.1) is 18.7 Å². The molecule has 0 aliphatic rings. The second kappa shape index (κ2) is 7.66. The third kappa shape index (κ3) is 4.11. The Hall–Kier alpha value is -1.27. The maximum atomic E-state index is 10.7. The van der Waals surface area contributed by atoms with E-state index in [1.54, 1.807) is 14.2 Å². The normalized spacial score (nSPS) is 12.3. The van der Waals surface area contributed by atoms with E-state index >= 15 is 0 Å². The number of carboxylic acid groups (broad SMARTS) is 1. The minimum atomic E-state index is -0.851. The predicted octanol–water partition coefficient (Wildman–Crippen LogP) is 3.45. The van der Waals surface area contributed by atoms with Gasteiger partial charge in [-0.15, -0.1) is 0 Å². The summed E-state index contributed by atoms with van der Waals surface area (Å²) in [5.74, 6) is 0.561. The number of carboxylic acids is 1. The first kappa shape index (κ1) is 17.8. The van der Waals surface area contributed by atoms with E-state index in [-0.39, 0.29) is 18.4 Å². The van der Waals surface area contributed by atoms with Gasteiger partial charge in [-0.2, -0.15) is 0 Å². The van der Waals surface area contributed by atoms with Crippen LogP contribution in [0.1, 0.15) is 49.8 Å². The lowest BCUT2D eigenvalue weighted by atomic mass is 9.90. The second-order valence-corrected chi connectivity index (χ2v) is 5.92. The molecule has 0 bridgehead atoms. The Morgan fingerprint density at radius 2 is 2.00 bits per heavy atom. The Kier molecular flexibility index (Phi) is 6.48. The van der Waals surface area contributed by atoms with Gasteiger partial charge in [0, 0.05) is 12.5 Å².